The maximum atomic E-state index is 13.1. The third kappa shape index (κ3) is 3.91. The van der Waals surface area contributed by atoms with Crippen molar-refractivity contribution in [3.05, 3.63) is 65.3 Å². The van der Waals surface area contributed by atoms with Crippen molar-refractivity contribution in [1.29, 1.82) is 0 Å². The van der Waals surface area contributed by atoms with E-state index in [9.17, 15) is 9.18 Å². The summed E-state index contributed by atoms with van der Waals surface area (Å²) in [5.41, 5.74) is 1.59. The van der Waals surface area contributed by atoms with Crippen molar-refractivity contribution in [1.82, 2.24) is 9.97 Å². The molecule has 1 N–H and O–H groups in total. The molecule has 0 aliphatic rings. The van der Waals surface area contributed by atoms with E-state index in [4.69, 9.17) is 11.6 Å². The lowest BCUT2D eigenvalue weighted by molar-refractivity contribution is -0.115. The number of nitrogens with zero attached hydrogens (tertiary/aromatic N) is 2. The minimum atomic E-state index is -0.500. The van der Waals surface area contributed by atoms with Crippen LogP contribution in [-0.2, 0) is 11.2 Å². The topological polar surface area (TPSA) is 54.9 Å². The highest BCUT2D eigenvalue weighted by Gasteiger charge is 2.10. The molecule has 0 saturated carbocycles. The van der Waals surface area contributed by atoms with Gasteiger partial charge in [0.15, 0.2) is 0 Å². The predicted molar refractivity (Wildman–Crippen MR) is 89.1 cm³/mol. The molecule has 0 unspecified atom stereocenters. The third-order valence-corrected chi connectivity index (χ3v) is 4.30. The molecule has 0 aliphatic heterocycles. The highest BCUT2D eigenvalue weighted by Crippen LogP contribution is 2.28. The van der Waals surface area contributed by atoms with Crippen LogP contribution in [-0.4, -0.2) is 15.9 Å². The van der Waals surface area contributed by atoms with Gasteiger partial charge < -0.3 is 5.32 Å². The van der Waals surface area contributed by atoms with Crippen LogP contribution in [0.4, 0.5) is 9.39 Å². The van der Waals surface area contributed by atoms with Gasteiger partial charge in [-0.25, -0.2) is 9.37 Å². The lowest BCUT2D eigenvalue weighted by atomic mass is 10.1. The summed E-state index contributed by atoms with van der Waals surface area (Å²) < 4.78 is 13.1. The number of rotatable bonds is 4. The average molecular weight is 348 g/mol. The standard InChI is InChI=1S/C16H11ClFN3OS/c17-12-7-10(1-2-13(12)18)8-14(22)21-15-9-20-16(23-15)11-3-5-19-6-4-11/h1-7,9H,8H2,(H,21,22). The summed E-state index contributed by atoms with van der Waals surface area (Å²) in [6.07, 6.45) is 5.10. The van der Waals surface area contributed by atoms with E-state index in [0.29, 0.717) is 10.6 Å². The smallest absolute Gasteiger partial charge is 0.229 e. The summed E-state index contributed by atoms with van der Waals surface area (Å²) >= 11 is 7.08. The largest absolute Gasteiger partial charge is 0.316 e. The van der Waals surface area contributed by atoms with E-state index in [0.717, 1.165) is 10.6 Å². The number of hydrogen-bond donors (Lipinski definition) is 1. The third-order valence-electron chi connectivity index (χ3n) is 3.04. The average Bonchev–Trinajstić information content (AvgIpc) is 3.00. The number of amides is 1. The highest BCUT2D eigenvalue weighted by atomic mass is 35.5. The molecule has 0 aliphatic carbocycles. The molecule has 1 aromatic carbocycles. The molecule has 3 aromatic rings. The van der Waals surface area contributed by atoms with Gasteiger partial charge in [-0.05, 0) is 29.8 Å². The van der Waals surface area contributed by atoms with E-state index in [2.05, 4.69) is 15.3 Å². The van der Waals surface area contributed by atoms with Crippen LogP contribution in [0.2, 0.25) is 5.02 Å². The summed E-state index contributed by atoms with van der Waals surface area (Å²) in [6, 6.07) is 7.94. The van der Waals surface area contributed by atoms with Crippen molar-refractivity contribution >= 4 is 33.8 Å². The van der Waals surface area contributed by atoms with Crippen LogP contribution < -0.4 is 5.32 Å². The Hall–Kier alpha value is -2.31. The van der Waals surface area contributed by atoms with Gasteiger partial charge in [-0.3, -0.25) is 9.78 Å². The van der Waals surface area contributed by atoms with Crippen molar-refractivity contribution in [2.75, 3.05) is 5.32 Å². The zero-order chi connectivity index (χ0) is 16.2. The molecule has 0 fully saturated rings. The van der Waals surface area contributed by atoms with Gasteiger partial charge in [0.05, 0.1) is 17.6 Å². The maximum Gasteiger partial charge on any atom is 0.229 e. The maximum absolute atomic E-state index is 13.1. The number of benzene rings is 1. The minimum absolute atomic E-state index is 0.00747. The number of hydrogen-bond acceptors (Lipinski definition) is 4. The molecular formula is C16H11ClFN3OS. The second-order valence-corrected chi connectivity index (χ2v) is 6.18. The van der Waals surface area contributed by atoms with Crippen LogP contribution in [0.15, 0.2) is 48.9 Å². The Labute approximate surface area is 141 Å². The van der Waals surface area contributed by atoms with Crippen LogP contribution >= 0.6 is 22.9 Å². The first-order valence-corrected chi connectivity index (χ1v) is 7.91. The molecule has 0 radical (unpaired) electrons. The van der Waals surface area contributed by atoms with E-state index in [1.165, 1.54) is 29.5 Å². The molecule has 2 aromatic heterocycles. The van der Waals surface area contributed by atoms with E-state index in [1.807, 2.05) is 12.1 Å². The lowest BCUT2D eigenvalue weighted by Gasteiger charge is -2.03. The van der Waals surface area contributed by atoms with Crippen LogP contribution in [0, 0.1) is 5.82 Å². The molecule has 23 heavy (non-hydrogen) atoms. The molecule has 7 heteroatoms. The van der Waals surface area contributed by atoms with E-state index >= 15 is 0 Å². The Kier molecular flexibility index (Phi) is 4.64. The molecule has 3 rings (SSSR count). The van der Waals surface area contributed by atoms with E-state index in [1.54, 1.807) is 18.6 Å². The number of anilines is 1. The van der Waals surface area contributed by atoms with Gasteiger partial charge in [-0.2, -0.15) is 0 Å². The quantitative estimate of drug-likeness (QED) is 0.770. The Bertz CT molecular complexity index is 838. The summed E-state index contributed by atoms with van der Waals surface area (Å²) in [6.45, 7) is 0. The van der Waals surface area contributed by atoms with Gasteiger partial charge in [0, 0.05) is 18.0 Å². The highest BCUT2D eigenvalue weighted by molar-refractivity contribution is 7.19. The molecule has 0 spiro atoms. The second-order valence-electron chi connectivity index (χ2n) is 4.74. The fraction of sp³-hybridized carbons (Fsp3) is 0.0625. The number of nitrogens with one attached hydrogen (secondary N) is 1. The summed E-state index contributed by atoms with van der Waals surface area (Å²) in [5, 5.41) is 4.23. The normalized spacial score (nSPS) is 10.5. The first kappa shape index (κ1) is 15.6. The van der Waals surface area contributed by atoms with Crippen LogP contribution in [0.3, 0.4) is 0 Å². The van der Waals surface area contributed by atoms with Crippen molar-refractivity contribution in [2.24, 2.45) is 0 Å². The summed E-state index contributed by atoms with van der Waals surface area (Å²) in [4.78, 5) is 20.3. The minimum Gasteiger partial charge on any atom is -0.316 e. The predicted octanol–water partition coefficient (Wildman–Crippen LogP) is 4.18. The number of thiazole rings is 1. The van der Waals surface area contributed by atoms with Gasteiger partial charge in [0.25, 0.3) is 0 Å². The second kappa shape index (κ2) is 6.85. The molecule has 4 nitrogen and oxygen atoms in total. The molecule has 0 bridgehead atoms. The molecule has 2 heterocycles. The zero-order valence-electron chi connectivity index (χ0n) is 11.8. The van der Waals surface area contributed by atoms with Crippen molar-refractivity contribution in [3.8, 4) is 10.6 Å². The molecular weight excluding hydrogens is 337 g/mol. The Morgan fingerprint density at radius 3 is 2.78 bits per heavy atom. The van der Waals surface area contributed by atoms with Gasteiger partial charge in [0.2, 0.25) is 5.91 Å². The van der Waals surface area contributed by atoms with Gasteiger partial charge in [-0.1, -0.05) is 29.0 Å². The molecule has 1 amide bonds. The van der Waals surface area contributed by atoms with Crippen LogP contribution in [0.5, 0.6) is 0 Å². The van der Waals surface area contributed by atoms with Crippen molar-refractivity contribution < 1.29 is 9.18 Å². The Morgan fingerprint density at radius 1 is 1.26 bits per heavy atom. The SMILES string of the molecule is O=C(Cc1ccc(F)c(Cl)c1)Nc1cnc(-c2ccncc2)s1. The van der Waals surface area contributed by atoms with Crippen LogP contribution in [0.25, 0.3) is 10.6 Å². The first-order valence-electron chi connectivity index (χ1n) is 6.72. The molecule has 0 saturated heterocycles. The van der Waals surface area contributed by atoms with Crippen molar-refractivity contribution in [2.45, 2.75) is 6.42 Å². The lowest BCUT2D eigenvalue weighted by Crippen LogP contribution is -2.13. The molecule has 116 valence electrons. The summed E-state index contributed by atoms with van der Waals surface area (Å²) in [5.74, 6) is -0.710. The number of pyridine rings is 1. The first-order chi connectivity index (χ1) is 11.1. The molecule has 0 atom stereocenters. The van der Waals surface area contributed by atoms with E-state index < -0.39 is 5.82 Å². The fourth-order valence-corrected chi connectivity index (χ4v) is 3.02. The number of aromatic nitrogens is 2. The van der Waals surface area contributed by atoms with Gasteiger partial charge in [0.1, 0.15) is 15.8 Å². The van der Waals surface area contributed by atoms with Crippen molar-refractivity contribution in [3.63, 3.8) is 0 Å². The monoisotopic (exact) mass is 347 g/mol. The fourth-order valence-electron chi connectivity index (χ4n) is 1.98. The van der Waals surface area contributed by atoms with Gasteiger partial charge >= 0.3 is 0 Å². The summed E-state index contributed by atoms with van der Waals surface area (Å²) in [7, 11) is 0. The number of carbonyl (C=O) groups is 1. The Balaban J connectivity index is 1.66. The number of carbonyl (C=O) groups excluding carboxylic acids is 1. The number of halogens is 2. The van der Waals surface area contributed by atoms with Gasteiger partial charge in [-0.15, -0.1) is 0 Å². The zero-order valence-corrected chi connectivity index (χ0v) is 13.4. The van der Waals surface area contributed by atoms with E-state index in [-0.39, 0.29) is 17.4 Å². The Morgan fingerprint density at radius 2 is 2.04 bits per heavy atom. The van der Waals surface area contributed by atoms with Crippen LogP contribution in [0.1, 0.15) is 5.56 Å².